The Labute approximate surface area is 169 Å². The summed E-state index contributed by atoms with van der Waals surface area (Å²) in [5.74, 6) is 4.98. The van der Waals surface area contributed by atoms with E-state index in [1.54, 1.807) is 0 Å². The van der Waals surface area contributed by atoms with Gasteiger partial charge in [0.2, 0.25) is 0 Å². The summed E-state index contributed by atoms with van der Waals surface area (Å²) in [6.07, 6.45) is 14.7. The van der Waals surface area contributed by atoms with E-state index in [1.807, 2.05) is 0 Å². The smallest absolute Gasteiger partial charge is 0.312 e. The number of carbonyl (C=O) groups is 1. The van der Waals surface area contributed by atoms with Gasteiger partial charge in [-0.05, 0) is 113 Å². The van der Waals surface area contributed by atoms with Crippen LogP contribution in [0.1, 0.15) is 77.0 Å². The topological polar surface area (TPSA) is 58.6 Å². The van der Waals surface area contributed by atoms with Gasteiger partial charge in [-0.1, -0.05) is 0 Å². The summed E-state index contributed by atoms with van der Waals surface area (Å²) in [4.78, 5) is 13.0. The maximum Gasteiger partial charge on any atom is 0.312 e. The van der Waals surface area contributed by atoms with Crippen molar-refractivity contribution in [1.82, 2.24) is 5.32 Å². The molecule has 8 saturated carbocycles. The SMILES string of the molecule is O=C(OCC(O)CNC12CC3CC(CC(C3)C1)C2)C12CC3CC(CC(C3)C1)C2. The highest BCUT2D eigenvalue weighted by Gasteiger charge is 2.55. The predicted molar refractivity (Wildman–Crippen MR) is 106 cm³/mol. The molecular formula is C24H37NO3. The Morgan fingerprint density at radius 3 is 1.71 bits per heavy atom. The molecule has 1 unspecified atom stereocenters. The van der Waals surface area contributed by atoms with Gasteiger partial charge in [0, 0.05) is 12.1 Å². The Kier molecular flexibility index (Phi) is 4.18. The van der Waals surface area contributed by atoms with Crippen LogP contribution in [0.15, 0.2) is 0 Å². The van der Waals surface area contributed by atoms with Gasteiger partial charge in [-0.2, -0.15) is 0 Å². The maximum atomic E-state index is 13.0. The maximum absolute atomic E-state index is 13.0. The van der Waals surface area contributed by atoms with Crippen LogP contribution in [-0.2, 0) is 9.53 Å². The lowest BCUT2D eigenvalue weighted by molar-refractivity contribution is -0.174. The van der Waals surface area contributed by atoms with Gasteiger partial charge in [0.1, 0.15) is 12.7 Å². The zero-order chi connectivity index (χ0) is 18.9. The molecule has 156 valence electrons. The van der Waals surface area contributed by atoms with E-state index in [-0.39, 0.29) is 23.5 Å². The Bertz CT molecular complexity index is 573. The lowest BCUT2D eigenvalue weighted by atomic mass is 9.49. The molecule has 8 bridgehead atoms. The van der Waals surface area contributed by atoms with E-state index < -0.39 is 6.10 Å². The van der Waals surface area contributed by atoms with E-state index in [9.17, 15) is 9.90 Å². The summed E-state index contributed by atoms with van der Waals surface area (Å²) in [5, 5.41) is 14.3. The summed E-state index contributed by atoms with van der Waals surface area (Å²) >= 11 is 0. The molecule has 0 aromatic heterocycles. The molecule has 0 aliphatic heterocycles. The van der Waals surface area contributed by atoms with Crippen LogP contribution in [0.2, 0.25) is 0 Å². The molecule has 8 rings (SSSR count). The van der Waals surface area contributed by atoms with Crippen LogP contribution < -0.4 is 5.32 Å². The predicted octanol–water partition coefficient (Wildman–Crippen LogP) is 3.67. The highest BCUT2D eigenvalue weighted by atomic mass is 16.5. The van der Waals surface area contributed by atoms with Crippen LogP contribution in [0.4, 0.5) is 0 Å². The van der Waals surface area contributed by atoms with Crippen molar-refractivity contribution in [3.63, 3.8) is 0 Å². The molecule has 0 saturated heterocycles. The molecule has 2 N–H and O–H groups in total. The number of ether oxygens (including phenoxy) is 1. The summed E-state index contributed by atoms with van der Waals surface area (Å²) < 4.78 is 5.73. The third kappa shape index (κ3) is 3.05. The van der Waals surface area contributed by atoms with Crippen molar-refractivity contribution < 1.29 is 14.6 Å². The molecule has 0 radical (unpaired) electrons. The normalized spacial score (nSPS) is 51.5. The molecule has 4 nitrogen and oxygen atoms in total. The summed E-state index contributed by atoms with van der Waals surface area (Å²) in [6, 6.07) is 0. The van der Waals surface area contributed by atoms with Crippen LogP contribution in [0, 0.1) is 40.9 Å². The monoisotopic (exact) mass is 387 g/mol. The van der Waals surface area contributed by atoms with E-state index in [1.165, 1.54) is 57.8 Å². The number of nitrogens with one attached hydrogen (secondary N) is 1. The minimum absolute atomic E-state index is 0.000421. The fourth-order valence-electron chi connectivity index (χ4n) is 9.41. The van der Waals surface area contributed by atoms with Crippen LogP contribution >= 0.6 is 0 Å². The van der Waals surface area contributed by atoms with Crippen molar-refractivity contribution in [2.45, 2.75) is 88.7 Å². The van der Waals surface area contributed by atoms with E-state index in [0.717, 1.165) is 54.8 Å². The molecule has 8 aliphatic carbocycles. The van der Waals surface area contributed by atoms with Crippen molar-refractivity contribution in [2.24, 2.45) is 40.9 Å². The molecule has 0 aromatic rings. The highest BCUT2D eigenvalue weighted by Crippen LogP contribution is 2.60. The third-order valence-electron chi connectivity index (χ3n) is 9.63. The first kappa shape index (κ1) is 18.2. The van der Waals surface area contributed by atoms with Crippen molar-refractivity contribution in [3.8, 4) is 0 Å². The van der Waals surface area contributed by atoms with Gasteiger partial charge in [-0.3, -0.25) is 4.79 Å². The van der Waals surface area contributed by atoms with E-state index >= 15 is 0 Å². The third-order valence-corrected chi connectivity index (χ3v) is 9.63. The minimum Gasteiger partial charge on any atom is -0.462 e. The molecule has 0 aromatic carbocycles. The van der Waals surface area contributed by atoms with Gasteiger partial charge in [-0.25, -0.2) is 0 Å². The second-order valence-corrected chi connectivity index (χ2v) is 12.0. The van der Waals surface area contributed by atoms with E-state index in [0.29, 0.717) is 6.54 Å². The standard InChI is InChI=1S/C24H37NO3/c26-21(13-25-24-10-18-4-19(11-24)6-20(5-18)12-24)14-28-22(27)23-7-15-1-16(8-23)3-17(2-15)9-23/h15-21,25-26H,1-14H2. The van der Waals surface area contributed by atoms with Gasteiger partial charge in [0.25, 0.3) is 0 Å². The fourth-order valence-corrected chi connectivity index (χ4v) is 9.41. The summed E-state index contributed by atoms with van der Waals surface area (Å²) in [7, 11) is 0. The largest absolute Gasteiger partial charge is 0.462 e. The van der Waals surface area contributed by atoms with Gasteiger partial charge < -0.3 is 15.2 Å². The van der Waals surface area contributed by atoms with Crippen molar-refractivity contribution in [1.29, 1.82) is 0 Å². The number of β-amino-alcohol motifs (C(OH)–C–C–N with tert-alkyl or cyclic N) is 1. The molecule has 0 amide bonds. The summed E-state index contributed by atoms with van der Waals surface area (Å²) in [6.45, 7) is 0.736. The molecule has 8 fully saturated rings. The number of hydrogen-bond acceptors (Lipinski definition) is 4. The number of esters is 1. The van der Waals surface area contributed by atoms with Gasteiger partial charge >= 0.3 is 5.97 Å². The quantitative estimate of drug-likeness (QED) is 0.683. The molecule has 28 heavy (non-hydrogen) atoms. The van der Waals surface area contributed by atoms with Crippen LogP contribution in [-0.4, -0.2) is 35.9 Å². The molecule has 4 heteroatoms. The zero-order valence-electron chi connectivity index (χ0n) is 17.2. The zero-order valence-corrected chi connectivity index (χ0v) is 17.2. The number of aliphatic hydroxyl groups is 1. The van der Waals surface area contributed by atoms with Crippen molar-refractivity contribution in [2.75, 3.05) is 13.2 Å². The van der Waals surface area contributed by atoms with Gasteiger partial charge in [0.05, 0.1) is 5.41 Å². The second kappa shape index (κ2) is 6.44. The number of hydrogen-bond donors (Lipinski definition) is 2. The van der Waals surface area contributed by atoms with Crippen molar-refractivity contribution >= 4 is 5.97 Å². The fraction of sp³-hybridized carbons (Fsp3) is 0.958. The number of aliphatic hydroxyl groups excluding tert-OH is 1. The van der Waals surface area contributed by atoms with E-state index in [4.69, 9.17) is 4.74 Å². The second-order valence-electron chi connectivity index (χ2n) is 12.0. The van der Waals surface area contributed by atoms with Gasteiger partial charge in [0.15, 0.2) is 0 Å². The average Bonchev–Trinajstić information content (AvgIpc) is 2.62. The minimum atomic E-state index is -0.578. The van der Waals surface area contributed by atoms with Crippen LogP contribution in [0.25, 0.3) is 0 Å². The molecule has 0 spiro atoms. The first-order valence-electron chi connectivity index (χ1n) is 12.1. The lowest BCUT2D eigenvalue weighted by Gasteiger charge is -2.57. The molecule has 1 atom stereocenters. The highest BCUT2D eigenvalue weighted by molar-refractivity contribution is 5.77. The number of rotatable bonds is 6. The lowest BCUT2D eigenvalue weighted by Crippen LogP contribution is -2.59. The molecule has 8 aliphatic rings. The Balaban J connectivity index is 1.02. The van der Waals surface area contributed by atoms with E-state index in [2.05, 4.69) is 5.32 Å². The van der Waals surface area contributed by atoms with Crippen LogP contribution in [0.3, 0.4) is 0 Å². The van der Waals surface area contributed by atoms with Gasteiger partial charge in [-0.15, -0.1) is 0 Å². The Morgan fingerprint density at radius 2 is 1.25 bits per heavy atom. The molecule has 0 heterocycles. The molecular weight excluding hydrogens is 350 g/mol. The van der Waals surface area contributed by atoms with Crippen molar-refractivity contribution in [3.05, 3.63) is 0 Å². The summed E-state index contributed by atoms with van der Waals surface area (Å²) in [5.41, 5.74) is 0.0570. The number of carbonyl (C=O) groups excluding carboxylic acids is 1. The first-order chi connectivity index (χ1) is 13.5. The Hall–Kier alpha value is -0.610. The average molecular weight is 388 g/mol. The Morgan fingerprint density at radius 1 is 0.821 bits per heavy atom. The first-order valence-corrected chi connectivity index (χ1v) is 12.1. The van der Waals surface area contributed by atoms with Crippen LogP contribution in [0.5, 0.6) is 0 Å².